The van der Waals surface area contributed by atoms with Crippen LogP contribution >= 0.6 is 31.9 Å². The summed E-state index contributed by atoms with van der Waals surface area (Å²) in [6.45, 7) is 5.05. The molecule has 0 aliphatic carbocycles. The van der Waals surface area contributed by atoms with E-state index in [9.17, 15) is 9.59 Å². The molecule has 0 radical (unpaired) electrons. The number of ether oxygens (including phenoxy) is 2. The van der Waals surface area contributed by atoms with Crippen LogP contribution in [0.25, 0.3) is 0 Å². The molecule has 0 bridgehead atoms. The van der Waals surface area contributed by atoms with Crippen LogP contribution in [0.15, 0.2) is 21.1 Å². The van der Waals surface area contributed by atoms with Gasteiger partial charge in [-0.05, 0) is 70.2 Å². The van der Waals surface area contributed by atoms with Gasteiger partial charge < -0.3 is 9.47 Å². The van der Waals surface area contributed by atoms with Crippen molar-refractivity contribution in [1.82, 2.24) is 0 Å². The van der Waals surface area contributed by atoms with Crippen LogP contribution in [0, 0.1) is 0 Å². The minimum absolute atomic E-state index is 0.0302. The van der Waals surface area contributed by atoms with Gasteiger partial charge in [0, 0.05) is 6.42 Å². The van der Waals surface area contributed by atoms with Crippen molar-refractivity contribution in [2.24, 2.45) is 0 Å². The number of ketones is 2. The van der Waals surface area contributed by atoms with Crippen LogP contribution in [0.1, 0.15) is 90.9 Å². The SMILES string of the molecule is CCCCOc1cc(Br)c(OCCCCCCCCCCC(=O)CC(C)=O)cc1Br. The quantitative estimate of drug-likeness (QED) is 0.139. The van der Waals surface area contributed by atoms with E-state index in [1.54, 1.807) is 0 Å². The van der Waals surface area contributed by atoms with Gasteiger partial charge in [-0.2, -0.15) is 0 Å². The number of Topliss-reactive ketones (excluding diaryl/α,β-unsaturated/α-hetero) is 2. The molecule has 0 spiro atoms. The van der Waals surface area contributed by atoms with Crippen LogP contribution in [0.3, 0.4) is 0 Å². The van der Waals surface area contributed by atoms with E-state index in [2.05, 4.69) is 38.8 Å². The molecule has 30 heavy (non-hydrogen) atoms. The van der Waals surface area contributed by atoms with Gasteiger partial charge in [0.05, 0.1) is 28.6 Å². The first-order valence-electron chi connectivity index (χ1n) is 11.2. The van der Waals surface area contributed by atoms with Gasteiger partial charge in [0.25, 0.3) is 0 Å². The van der Waals surface area contributed by atoms with Crippen LogP contribution in [-0.4, -0.2) is 24.8 Å². The largest absolute Gasteiger partial charge is 0.492 e. The van der Waals surface area contributed by atoms with Gasteiger partial charge in [-0.1, -0.05) is 51.9 Å². The monoisotopic (exact) mass is 546 g/mol. The molecule has 0 heterocycles. The number of rotatable bonds is 18. The Morgan fingerprint density at radius 1 is 0.767 bits per heavy atom. The van der Waals surface area contributed by atoms with Crippen molar-refractivity contribution in [2.45, 2.75) is 90.9 Å². The molecule has 0 amide bonds. The molecule has 0 saturated heterocycles. The van der Waals surface area contributed by atoms with Gasteiger partial charge >= 0.3 is 0 Å². The van der Waals surface area contributed by atoms with E-state index >= 15 is 0 Å². The van der Waals surface area contributed by atoms with Crippen LogP contribution in [-0.2, 0) is 9.59 Å². The Hall–Kier alpha value is -0.880. The van der Waals surface area contributed by atoms with E-state index in [1.165, 1.54) is 26.2 Å². The molecule has 0 unspecified atom stereocenters. The van der Waals surface area contributed by atoms with E-state index in [0.29, 0.717) is 13.0 Å². The highest BCUT2D eigenvalue weighted by atomic mass is 79.9. The van der Waals surface area contributed by atoms with Crippen molar-refractivity contribution in [3.63, 3.8) is 0 Å². The first-order chi connectivity index (χ1) is 14.4. The fourth-order valence-electron chi connectivity index (χ4n) is 3.09. The summed E-state index contributed by atoms with van der Waals surface area (Å²) in [6, 6.07) is 3.93. The zero-order valence-corrected chi connectivity index (χ0v) is 21.6. The predicted octanol–water partition coefficient (Wildman–Crippen LogP) is 7.83. The van der Waals surface area contributed by atoms with Gasteiger partial charge in [0.2, 0.25) is 0 Å². The second-order valence-electron chi connectivity index (χ2n) is 7.76. The van der Waals surface area contributed by atoms with Gasteiger partial charge in [0.1, 0.15) is 23.1 Å². The number of hydrogen-bond acceptors (Lipinski definition) is 4. The topological polar surface area (TPSA) is 52.6 Å². The van der Waals surface area contributed by atoms with Crippen LogP contribution in [0.2, 0.25) is 0 Å². The van der Waals surface area contributed by atoms with E-state index in [4.69, 9.17) is 9.47 Å². The Bertz CT molecular complexity index is 646. The Kier molecular flexibility index (Phi) is 15.2. The molecular formula is C24H36Br2O4. The van der Waals surface area contributed by atoms with E-state index < -0.39 is 0 Å². The van der Waals surface area contributed by atoms with Crippen molar-refractivity contribution >= 4 is 43.4 Å². The van der Waals surface area contributed by atoms with Crippen molar-refractivity contribution in [2.75, 3.05) is 13.2 Å². The molecule has 1 aromatic rings. The van der Waals surface area contributed by atoms with Gasteiger partial charge in [0.15, 0.2) is 0 Å². The zero-order chi connectivity index (χ0) is 22.2. The summed E-state index contributed by atoms with van der Waals surface area (Å²) in [6.07, 6.45) is 11.8. The van der Waals surface area contributed by atoms with Crippen molar-refractivity contribution in [3.8, 4) is 11.5 Å². The second kappa shape index (κ2) is 16.8. The Morgan fingerprint density at radius 3 is 1.73 bits per heavy atom. The highest BCUT2D eigenvalue weighted by Crippen LogP contribution is 2.36. The first kappa shape index (κ1) is 27.2. The minimum atomic E-state index is -0.0302. The number of halogens is 2. The van der Waals surface area contributed by atoms with Crippen LogP contribution in [0.5, 0.6) is 11.5 Å². The second-order valence-corrected chi connectivity index (χ2v) is 9.47. The number of carbonyl (C=O) groups is 2. The van der Waals surface area contributed by atoms with Crippen molar-refractivity contribution < 1.29 is 19.1 Å². The lowest BCUT2D eigenvalue weighted by Crippen LogP contribution is -2.03. The number of carbonyl (C=O) groups excluding carboxylic acids is 2. The van der Waals surface area contributed by atoms with Crippen LogP contribution in [0.4, 0.5) is 0 Å². The average Bonchev–Trinajstić information content (AvgIpc) is 2.68. The Balaban J connectivity index is 2.07. The Labute approximate surface area is 198 Å². The molecule has 4 nitrogen and oxygen atoms in total. The summed E-state index contributed by atoms with van der Waals surface area (Å²) >= 11 is 7.13. The maximum Gasteiger partial charge on any atom is 0.140 e. The molecule has 0 saturated carbocycles. The van der Waals surface area contributed by atoms with E-state index in [-0.39, 0.29) is 18.0 Å². The summed E-state index contributed by atoms with van der Waals surface area (Å²) in [5.41, 5.74) is 0. The number of unbranched alkanes of at least 4 members (excludes halogenated alkanes) is 8. The average molecular weight is 548 g/mol. The maximum absolute atomic E-state index is 11.5. The summed E-state index contributed by atoms with van der Waals surface area (Å²) < 4.78 is 13.5. The molecule has 0 fully saturated rings. The van der Waals surface area contributed by atoms with Crippen molar-refractivity contribution in [1.29, 1.82) is 0 Å². The number of benzene rings is 1. The molecular weight excluding hydrogens is 512 g/mol. The zero-order valence-electron chi connectivity index (χ0n) is 18.4. The molecule has 0 aromatic heterocycles. The molecule has 0 N–H and O–H groups in total. The smallest absolute Gasteiger partial charge is 0.140 e. The summed E-state index contributed by atoms with van der Waals surface area (Å²) in [5.74, 6) is 1.73. The lowest BCUT2D eigenvalue weighted by atomic mass is 10.0. The fraction of sp³-hybridized carbons (Fsp3) is 0.667. The highest BCUT2D eigenvalue weighted by molar-refractivity contribution is 9.11. The fourth-order valence-corrected chi connectivity index (χ4v) is 3.96. The minimum Gasteiger partial charge on any atom is -0.492 e. The highest BCUT2D eigenvalue weighted by Gasteiger charge is 2.09. The standard InChI is InChI=1S/C24H36Br2O4/c1-3-4-14-29-23-17-22(26)24(18-21(23)25)30-15-12-10-8-6-5-7-9-11-13-20(28)16-19(2)27/h17-18H,3-16H2,1-2H3. The van der Waals surface area contributed by atoms with Crippen molar-refractivity contribution in [3.05, 3.63) is 21.1 Å². The normalized spacial score (nSPS) is 10.8. The molecule has 0 atom stereocenters. The van der Waals surface area contributed by atoms with Gasteiger partial charge in [-0.15, -0.1) is 0 Å². The molecule has 0 aliphatic rings. The third-order valence-corrected chi connectivity index (χ3v) is 6.03. The van der Waals surface area contributed by atoms with Gasteiger partial charge in [-0.3, -0.25) is 9.59 Å². The van der Waals surface area contributed by atoms with Gasteiger partial charge in [-0.25, -0.2) is 0 Å². The molecule has 170 valence electrons. The summed E-state index contributed by atoms with van der Waals surface area (Å²) in [5, 5.41) is 0. The lowest BCUT2D eigenvalue weighted by Gasteiger charge is -2.13. The maximum atomic E-state index is 11.5. The molecule has 1 aromatic carbocycles. The first-order valence-corrected chi connectivity index (χ1v) is 12.8. The third-order valence-electron chi connectivity index (χ3n) is 4.80. The molecule has 6 heteroatoms. The van der Waals surface area contributed by atoms with Crippen LogP contribution < -0.4 is 9.47 Å². The molecule has 1 rings (SSSR count). The third kappa shape index (κ3) is 12.7. The van der Waals surface area contributed by atoms with E-state index in [0.717, 1.165) is 72.0 Å². The Morgan fingerprint density at radius 2 is 1.23 bits per heavy atom. The molecule has 0 aliphatic heterocycles. The number of hydrogen-bond donors (Lipinski definition) is 0. The predicted molar refractivity (Wildman–Crippen MR) is 130 cm³/mol. The lowest BCUT2D eigenvalue weighted by molar-refractivity contribution is -0.125. The van der Waals surface area contributed by atoms with E-state index in [1.807, 2.05) is 12.1 Å². The summed E-state index contributed by atoms with van der Waals surface area (Å²) in [7, 11) is 0. The summed E-state index contributed by atoms with van der Waals surface area (Å²) in [4.78, 5) is 22.3.